The first-order valence-corrected chi connectivity index (χ1v) is 9.14. The number of hydrogen-bond donors (Lipinski definition) is 2. The average Bonchev–Trinajstić information content (AvgIpc) is 2.80. The summed E-state index contributed by atoms with van der Waals surface area (Å²) in [7, 11) is 3.16. The fourth-order valence-electron chi connectivity index (χ4n) is 2.95. The minimum atomic E-state index is -0.265. The van der Waals surface area contributed by atoms with Crippen LogP contribution in [-0.2, 0) is 0 Å². The quantitative estimate of drug-likeness (QED) is 0.503. The van der Waals surface area contributed by atoms with Crippen molar-refractivity contribution in [3.63, 3.8) is 0 Å². The number of anilines is 3. The first-order valence-electron chi connectivity index (χ1n) is 9.14. The Hall–Kier alpha value is -4.20. The standard InChI is InChI=1S/C22H19N5O3/c1-29-19-11-16-18(12-20(19)30-2)24-13-25-21(16)26-14-6-8-15(9-7-14)27-22(28)17-5-3-4-10-23-17/h3-13H,1-2H3,(H,27,28)(H,24,25,26). The fraction of sp³-hybridized carbons (Fsp3) is 0.0909. The molecule has 0 saturated carbocycles. The summed E-state index contributed by atoms with van der Waals surface area (Å²) in [4.78, 5) is 24.9. The third-order valence-corrected chi connectivity index (χ3v) is 4.44. The maximum atomic E-state index is 12.2. The van der Waals surface area contributed by atoms with E-state index in [1.807, 2.05) is 18.2 Å². The van der Waals surface area contributed by atoms with Gasteiger partial charge >= 0.3 is 0 Å². The zero-order valence-corrected chi connectivity index (χ0v) is 16.4. The molecule has 2 aromatic carbocycles. The molecule has 2 N–H and O–H groups in total. The highest BCUT2D eigenvalue weighted by atomic mass is 16.5. The molecule has 2 aromatic heterocycles. The van der Waals surface area contributed by atoms with Crippen molar-refractivity contribution in [1.82, 2.24) is 15.0 Å². The van der Waals surface area contributed by atoms with Gasteiger partial charge in [-0.2, -0.15) is 0 Å². The van der Waals surface area contributed by atoms with Crippen LogP contribution >= 0.6 is 0 Å². The second kappa shape index (κ2) is 8.44. The Bertz CT molecular complexity index is 1180. The first kappa shape index (κ1) is 19.1. The van der Waals surface area contributed by atoms with Crippen molar-refractivity contribution in [3.05, 3.63) is 72.8 Å². The molecule has 0 radical (unpaired) electrons. The molecule has 0 aliphatic rings. The monoisotopic (exact) mass is 401 g/mol. The molecule has 30 heavy (non-hydrogen) atoms. The number of hydrogen-bond acceptors (Lipinski definition) is 7. The van der Waals surface area contributed by atoms with E-state index in [2.05, 4.69) is 25.6 Å². The summed E-state index contributed by atoms with van der Waals surface area (Å²) in [5.74, 6) is 1.56. The lowest BCUT2D eigenvalue weighted by Gasteiger charge is -2.12. The molecule has 0 saturated heterocycles. The topological polar surface area (TPSA) is 98.3 Å². The van der Waals surface area contributed by atoms with Crippen LogP contribution in [0.4, 0.5) is 17.2 Å². The van der Waals surface area contributed by atoms with Crippen LogP contribution in [-0.4, -0.2) is 35.1 Å². The summed E-state index contributed by atoms with van der Waals surface area (Å²) < 4.78 is 10.7. The van der Waals surface area contributed by atoms with Crippen molar-refractivity contribution in [2.75, 3.05) is 24.9 Å². The number of carbonyl (C=O) groups is 1. The molecule has 1 amide bonds. The van der Waals surface area contributed by atoms with Gasteiger partial charge in [0.05, 0.1) is 19.7 Å². The van der Waals surface area contributed by atoms with Crippen LogP contribution < -0.4 is 20.1 Å². The minimum absolute atomic E-state index is 0.265. The van der Waals surface area contributed by atoms with Gasteiger partial charge in [0, 0.05) is 29.0 Å². The molecule has 0 spiro atoms. The lowest BCUT2D eigenvalue weighted by Crippen LogP contribution is -2.13. The Kier molecular flexibility index (Phi) is 5.38. The van der Waals surface area contributed by atoms with E-state index in [1.54, 1.807) is 56.8 Å². The van der Waals surface area contributed by atoms with Crippen molar-refractivity contribution in [1.29, 1.82) is 0 Å². The Labute approximate surface area is 172 Å². The number of aromatic nitrogens is 3. The number of fused-ring (bicyclic) bond motifs is 1. The van der Waals surface area contributed by atoms with Crippen molar-refractivity contribution in [2.24, 2.45) is 0 Å². The number of methoxy groups -OCH3 is 2. The molecule has 0 fully saturated rings. The zero-order valence-electron chi connectivity index (χ0n) is 16.4. The number of carbonyl (C=O) groups excluding carboxylic acids is 1. The molecule has 0 aliphatic carbocycles. The van der Waals surface area contributed by atoms with E-state index in [4.69, 9.17) is 9.47 Å². The first-order chi connectivity index (χ1) is 14.7. The average molecular weight is 401 g/mol. The molecule has 8 heteroatoms. The van der Waals surface area contributed by atoms with Crippen LogP contribution in [0.5, 0.6) is 11.5 Å². The van der Waals surface area contributed by atoms with Crippen LogP contribution in [0.2, 0.25) is 0 Å². The molecular formula is C22H19N5O3. The van der Waals surface area contributed by atoms with Gasteiger partial charge in [-0.05, 0) is 42.5 Å². The maximum Gasteiger partial charge on any atom is 0.274 e. The summed E-state index contributed by atoms with van der Waals surface area (Å²) >= 11 is 0. The van der Waals surface area contributed by atoms with Crippen molar-refractivity contribution < 1.29 is 14.3 Å². The second-order valence-corrected chi connectivity index (χ2v) is 6.32. The van der Waals surface area contributed by atoms with Gasteiger partial charge in [-0.3, -0.25) is 9.78 Å². The largest absolute Gasteiger partial charge is 0.493 e. The Morgan fingerprint density at radius 3 is 2.30 bits per heavy atom. The molecule has 8 nitrogen and oxygen atoms in total. The third-order valence-electron chi connectivity index (χ3n) is 4.44. The number of pyridine rings is 1. The van der Waals surface area contributed by atoms with E-state index in [0.29, 0.717) is 28.7 Å². The van der Waals surface area contributed by atoms with Gasteiger partial charge in [0.1, 0.15) is 17.8 Å². The van der Waals surface area contributed by atoms with Gasteiger partial charge in [0.15, 0.2) is 11.5 Å². The van der Waals surface area contributed by atoms with Gasteiger partial charge < -0.3 is 20.1 Å². The van der Waals surface area contributed by atoms with E-state index in [1.165, 1.54) is 6.33 Å². The van der Waals surface area contributed by atoms with Gasteiger partial charge in [0.2, 0.25) is 0 Å². The number of nitrogens with one attached hydrogen (secondary N) is 2. The zero-order chi connectivity index (χ0) is 20.9. The maximum absolute atomic E-state index is 12.2. The van der Waals surface area contributed by atoms with Crippen LogP contribution in [0.3, 0.4) is 0 Å². The highest BCUT2D eigenvalue weighted by Gasteiger charge is 2.11. The SMILES string of the molecule is COc1cc2ncnc(Nc3ccc(NC(=O)c4ccccn4)cc3)c2cc1OC. The normalized spacial score (nSPS) is 10.5. The van der Waals surface area contributed by atoms with Gasteiger partial charge in [-0.15, -0.1) is 0 Å². The number of benzene rings is 2. The fourth-order valence-corrected chi connectivity index (χ4v) is 2.95. The summed E-state index contributed by atoms with van der Waals surface area (Å²) in [6.07, 6.45) is 3.07. The highest BCUT2D eigenvalue weighted by Crippen LogP contribution is 2.34. The Morgan fingerprint density at radius 2 is 1.60 bits per heavy atom. The predicted octanol–water partition coefficient (Wildman–Crippen LogP) is 4.04. The van der Waals surface area contributed by atoms with Gasteiger partial charge in [-0.25, -0.2) is 9.97 Å². The van der Waals surface area contributed by atoms with Gasteiger partial charge in [0.25, 0.3) is 5.91 Å². The van der Waals surface area contributed by atoms with Crippen LogP contribution in [0.15, 0.2) is 67.1 Å². The van der Waals surface area contributed by atoms with Crippen molar-refractivity contribution >= 4 is 34.0 Å². The highest BCUT2D eigenvalue weighted by molar-refractivity contribution is 6.03. The van der Waals surface area contributed by atoms with Gasteiger partial charge in [-0.1, -0.05) is 6.07 Å². The summed E-state index contributed by atoms with van der Waals surface area (Å²) in [6, 6.07) is 16.1. The number of amides is 1. The number of ether oxygens (including phenoxy) is 2. The smallest absolute Gasteiger partial charge is 0.274 e. The Balaban J connectivity index is 1.55. The van der Waals surface area contributed by atoms with E-state index in [9.17, 15) is 4.79 Å². The van der Waals surface area contributed by atoms with Crippen LogP contribution in [0.1, 0.15) is 10.5 Å². The van der Waals surface area contributed by atoms with Crippen LogP contribution in [0, 0.1) is 0 Å². The van der Waals surface area contributed by atoms with E-state index in [-0.39, 0.29) is 5.91 Å². The molecule has 4 rings (SSSR count). The van der Waals surface area contributed by atoms with Crippen molar-refractivity contribution in [3.8, 4) is 11.5 Å². The minimum Gasteiger partial charge on any atom is -0.493 e. The number of rotatable bonds is 6. The van der Waals surface area contributed by atoms with E-state index < -0.39 is 0 Å². The predicted molar refractivity (Wildman–Crippen MR) is 115 cm³/mol. The molecule has 150 valence electrons. The summed E-state index contributed by atoms with van der Waals surface area (Å²) in [5, 5.41) is 6.89. The van der Waals surface area contributed by atoms with Crippen molar-refractivity contribution in [2.45, 2.75) is 0 Å². The second-order valence-electron chi connectivity index (χ2n) is 6.32. The molecular weight excluding hydrogens is 382 g/mol. The Morgan fingerprint density at radius 1 is 0.867 bits per heavy atom. The number of nitrogens with zero attached hydrogens (tertiary/aromatic N) is 3. The van der Waals surface area contributed by atoms with E-state index in [0.717, 1.165) is 16.6 Å². The lowest BCUT2D eigenvalue weighted by molar-refractivity contribution is 0.102. The molecule has 0 bridgehead atoms. The van der Waals surface area contributed by atoms with E-state index >= 15 is 0 Å². The lowest BCUT2D eigenvalue weighted by atomic mass is 10.2. The third kappa shape index (κ3) is 3.97. The molecule has 0 aliphatic heterocycles. The molecule has 0 unspecified atom stereocenters. The summed E-state index contributed by atoms with van der Waals surface area (Å²) in [5.41, 5.74) is 2.55. The summed E-state index contributed by atoms with van der Waals surface area (Å²) in [6.45, 7) is 0. The molecule has 2 heterocycles. The molecule has 4 aromatic rings. The molecule has 0 atom stereocenters. The van der Waals surface area contributed by atoms with Crippen LogP contribution in [0.25, 0.3) is 10.9 Å².